The fraction of sp³-hybridized carbons (Fsp3) is 0.222. The van der Waals surface area contributed by atoms with Crippen molar-refractivity contribution in [2.75, 3.05) is 6.26 Å². The quantitative estimate of drug-likeness (QED) is 0.475. The van der Waals surface area contributed by atoms with E-state index in [1.807, 2.05) is 31.4 Å². The highest BCUT2D eigenvalue weighted by Crippen LogP contribution is 1.97. The maximum atomic E-state index is 4.95. The summed E-state index contributed by atoms with van der Waals surface area (Å²) >= 11 is 6.40. The first-order chi connectivity index (χ1) is 6.74. The van der Waals surface area contributed by atoms with Crippen molar-refractivity contribution in [2.24, 2.45) is 5.10 Å². The Kier molecular flexibility index (Phi) is 4.55. The molecule has 74 valence electrons. The van der Waals surface area contributed by atoms with Crippen LogP contribution in [-0.2, 0) is 0 Å². The lowest BCUT2D eigenvalue weighted by Crippen LogP contribution is -2.13. The normalized spacial score (nSPS) is 11.1. The van der Waals surface area contributed by atoms with Gasteiger partial charge in [-0.2, -0.15) is 5.10 Å². The van der Waals surface area contributed by atoms with Crippen molar-refractivity contribution in [3.63, 3.8) is 0 Å². The van der Waals surface area contributed by atoms with Crippen LogP contribution in [0.5, 0.6) is 0 Å². The second kappa shape index (κ2) is 5.72. The number of hydrogen-bond acceptors (Lipinski definition) is 4. The number of nitrogens with one attached hydrogen (secondary N) is 1. The first-order valence-corrected chi connectivity index (χ1v) is 5.67. The lowest BCUT2D eigenvalue weighted by molar-refractivity contribution is 1.05. The summed E-state index contributed by atoms with van der Waals surface area (Å²) in [5.74, 6) is 0. The lowest BCUT2D eigenvalue weighted by atomic mass is 10.3. The molecule has 0 radical (unpaired) electrons. The van der Waals surface area contributed by atoms with Crippen molar-refractivity contribution in [1.29, 1.82) is 0 Å². The molecule has 0 fully saturated rings. The largest absolute Gasteiger partial charge is 0.262 e. The minimum atomic E-state index is 0.653. The predicted molar refractivity (Wildman–Crippen MR) is 65.7 cm³/mol. The molecule has 0 aromatic carbocycles. The number of thiocarbonyl (C=S) groups is 1. The van der Waals surface area contributed by atoms with Gasteiger partial charge < -0.3 is 0 Å². The van der Waals surface area contributed by atoms with E-state index in [2.05, 4.69) is 15.5 Å². The molecule has 0 saturated heterocycles. The highest BCUT2D eigenvalue weighted by atomic mass is 32.2. The average Bonchev–Trinajstić information content (AvgIpc) is 2.26. The van der Waals surface area contributed by atoms with E-state index >= 15 is 0 Å². The zero-order valence-electron chi connectivity index (χ0n) is 8.02. The third-order valence-corrected chi connectivity index (χ3v) is 2.59. The molecule has 1 N–H and O–H groups in total. The van der Waals surface area contributed by atoms with Crippen LogP contribution in [0, 0.1) is 0 Å². The van der Waals surface area contributed by atoms with Crippen molar-refractivity contribution < 1.29 is 0 Å². The molecule has 0 aliphatic carbocycles. The molecule has 0 atom stereocenters. The van der Waals surface area contributed by atoms with E-state index in [1.54, 1.807) is 6.20 Å². The number of hydrazone groups is 1. The minimum absolute atomic E-state index is 0.653. The van der Waals surface area contributed by atoms with Crippen molar-refractivity contribution in [2.45, 2.75) is 6.92 Å². The highest BCUT2D eigenvalue weighted by molar-refractivity contribution is 8.22. The van der Waals surface area contributed by atoms with E-state index in [9.17, 15) is 0 Å². The molecule has 0 aliphatic heterocycles. The lowest BCUT2D eigenvalue weighted by Gasteiger charge is -2.01. The molecular weight excluding hydrogens is 214 g/mol. The molecule has 1 aromatic heterocycles. The number of hydrogen-bond donors (Lipinski definition) is 1. The Morgan fingerprint density at radius 1 is 1.57 bits per heavy atom. The molecule has 1 heterocycles. The molecule has 3 nitrogen and oxygen atoms in total. The number of rotatable bonds is 2. The molecule has 5 heteroatoms. The second-order valence-electron chi connectivity index (χ2n) is 2.52. The minimum Gasteiger partial charge on any atom is -0.262 e. The number of nitrogens with zero attached hydrogens (tertiary/aromatic N) is 2. The summed E-state index contributed by atoms with van der Waals surface area (Å²) in [6, 6.07) is 5.70. The highest BCUT2D eigenvalue weighted by Gasteiger charge is 1.97. The van der Waals surface area contributed by atoms with Gasteiger partial charge in [0.1, 0.15) is 0 Å². The van der Waals surface area contributed by atoms with E-state index in [-0.39, 0.29) is 0 Å². The van der Waals surface area contributed by atoms with Gasteiger partial charge in [0.05, 0.1) is 11.4 Å². The third-order valence-electron chi connectivity index (χ3n) is 1.54. The number of thioether (sulfide) groups is 1. The van der Waals surface area contributed by atoms with Crippen LogP contribution in [0.15, 0.2) is 29.5 Å². The fourth-order valence-corrected chi connectivity index (χ4v) is 0.992. The Labute approximate surface area is 93.0 Å². The number of pyridine rings is 1. The molecule has 0 spiro atoms. The van der Waals surface area contributed by atoms with Gasteiger partial charge in [-0.05, 0) is 25.3 Å². The molecule has 14 heavy (non-hydrogen) atoms. The molecule has 0 saturated carbocycles. The fourth-order valence-electron chi connectivity index (χ4n) is 0.809. The van der Waals surface area contributed by atoms with Gasteiger partial charge in [-0.25, -0.2) is 0 Å². The summed E-state index contributed by atoms with van der Waals surface area (Å²) in [4.78, 5) is 4.16. The summed E-state index contributed by atoms with van der Waals surface area (Å²) < 4.78 is 0.653. The van der Waals surface area contributed by atoms with Crippen LogP contribution in [-0.4, -0.2) is 21.3 Å². The Morgan fingerprint density at radius 3 is 2.93 bits per heavy atom. The van der Waals surface area contributed by atoms with Crippen LogP contribution in [0.2, 0.25) is 0 Å². The van der Waals surface area contributed by atoms with Gasteiger partial charge in [0.15, 0.2) is 4.32 Å². The van der Waals surface area contributed by atoms with Gasteiger partial charge in [-0.1, -0.05) is 30.0 Å². The smallest absolute Gasteiger partial charge is 0.153 e. The van der Waals surface area contributed by atoms with Crippen LogP contribution >= 0.6 is 24.0 Å². The summed E-state index contributed by atoms with van der Waals surface area (Å²) in [5.41, 5.74) is 4.45. The van der Waals surface area contributed by atoms with Gasteiger partial charge in [0.2, 0.25) is 0 Å². The summed E-state index contributed by atoms with van der Waals surface area (Å²) in [6.45, 7) is 1.89. The zero-order chi connectivity index (χ0) is 10.4. The summed E-state index contributed by atoms with van der Waals surface area (Å²) in [5, 5.41) is 4.11. The summed E-state index contributed by atoms with van der Waals surface area (Å²) in [7, 11) is 0. The second-order valence-corrected chi connectivity index (χ2v) is 4.00. The van der Waals surface area contributed by atoms with Crippen LogP contribution in [0.4, 0.5) is 0 Å². The van der Waals surface area contributed by atoms with Gasteiger partial charge in [0, 0.05) is 6.20 Å². The molecule has 0 bridgehead atoms. The van der Waals surface area contributed by atoms with Crippen molar-refractivity contribution in [3.8, 4) is 0 Å². The van der Waals surface area contributed by atoms with Crippen molar-refractivity contribution in [3.05, 3.63) is 30.1 Å². The summed E-state index contributed by atoms with van der Waals surface area (Å²) in [6.07, 6.45) is 3.64. The van der Waals surface area contributed by atoms with Gasteiger partial charge in [0.25, 0.3) is 0 Å². The van der Waals surface area contributed by atoms with Gasteiger partial charge in [-0.3, -0.25) is 10.4 Å². The van der Waals surface area contributed by atoms with Crippen LogP contribution in [0.3, 0.4) is 0 Å². The van der Waals surface area contributed by atoms with Crippen molar-refractivity contribution >= 4 is 34.0 Å². The van der Waals surface area contributed by atoms with Crippen molar-refractivity contribution in [1.82, 2.24) is 10.4 Å². The Hall–Kier alpha value is -0.940. The van der Waals surface area contributed by atoms with E-state index in [0.29, 0.717) is 4.32 Å². The first-order valence-electron chi connectivity index (χ1n) is 4.03. The number of aromatic nitrogens is 1. The maximum Gasteiger partial charge on any atom is 0.153 e. The Bertz CT molecular complexity index is 335. The van der Waals surface area contributed by atoms with Gasteiger partial charge in [-0.15, -0.1) is 0 Å². The molecule has 1 rings (SSSR count). The van der Waals surface area contributed by atoms with Crippen LogP contribution in [0.25, 0.3) is 0 Å². The standard InChI is InChI=1S/C9H11N3S2/c1-7(11-12-9(13)14-2)8-5-3-4-6-10-8/h3-6H,1-2H3,(H,12,13)/b11-7-. The van der Waals surface area contributed by atoms with Crippen LogP contribution in [0.1, 0.15) is 12.6 Å². The topological polar surface area (TPSA) is 37.3 Å². The maximum absolute atomic E-state index is 4.95. The molecule has 0 unspecified atom stereocenters. The monoisotopic (exact) mass is 225 g/mol. The van der Waals surface area contributed by atoms with Crippen LogP contribution < -0.4 is 5.43 Å². The van der Waals surface area contributed by atoms with Gasteiger partial charge >= 0.3 is 0 Å². The third kappa shape index (κ3) is 3.43. The molecule has 0 aliphatic rings. The first kappa shape index (κ1) is 11.1. The Morgan fingerprint density at radius 2 is 2.36 bits per heavy atom. The van der Waals surface area contributed by atoms with E-state index in [4.69, 9.17) is 12.2 Å². The zero-order valence-corrected chi connectivity index (χ0v) is 9.65. The van der Waals surface area contributed by atoms with E-state index < -0.39 is 0 Å². The predicted octanol–water partition coefficient (Wildman–Crippen LogP) is 2.04. The molecule has 0 amide bonds. The Balaban J connectivity index is 2.66. The van der Waals surface area contributed by atoms with E-state index in [1.165, 1.54) is 11.8 Å². The SMILES string of the molecule is CSC(=S)N/N=C(/C)c1ccccn1. The molecular formula is C9H11N3S2. The average molecular weight is 225 g/mol. The van der Waals surface area contributed by atoms with E-state index in [0.717, 1.165) is 11.4 Å². The molecule has 1 aromatic rings.